The standard InChI is InChI=1S/C21H26N2O5S/c1-27-17-8-11-21(28-2)19(14-17)22-15-20(24)16-6-9-18(10-7-16)29(25,26)23-12-4-3-5-13-23/h6-11,14,22H,3-5,12-13,15H2,1-2H3. The molecule has 0 unspecified atom stereocenters. The summed E-state index contributed by atoms with van der Waals surface area (Å²) in [5.41, 5.74) is 1.08. The Kier molecular flexibility index (Phi) is 6.76. The van der Waals surface area contributed by atoms with E-state index in [0.29, 0.717) is 35.8 Å². The molecular formula is C21H26N2O5S. The first-order valence-corrected chi connectivity index (χ1v) is 11.0. The lowest BCUT2D eigenvalue weighted by atomic mass is 10.1. The minimum atomic E-state index is -3.50. The van der Waals surface area contributed by atoms with E-state index in [0.717, 1.165) is 19.3 Å². The molecule has 7 nitrogen and oxygen atoms in total. The van der Waals surface area contributed by atoms with Crippen LogP contribution in [0.15, 0.2) is 47.4 Å². The zero-order valence-corrected chi connectivity index (χ0v) is 17.5. The number of nitrogens with one attached hydrogen (secondary N) is 1. The molecule has 0 aromatic heterocycles. The lowest BCUT2D eigenvalue weighted by Crippen LogP contribution is -2.35. The van der Waals surface area contributed by atoms with Crippen LogP contribution in [0, 0.1) is 0 Å². The first-order valence-electron chi connectivity index (χ1n) is 9.55. The number of ether oxygens (including phenoxy) is 2. The average Bonchev–Trinajstić information content (AvgIpc) is 2.77. The van der Waals surface area contributed by atoms with Gasteiger partial charge in [-0.3, -0.25) is 4.79 Å². The first-order chi connectivity index (χ1) is 14.0. The molecule has 0 atom stereocenters. The van der Waals surface area contributed by atoms with E-state index in [4.69, 9.17) is 9.47 Å². The van der Waals surface area contributed by atoms with Crippen molar-refractivity contribution < 1.29 is 22.7 Å². The van der Waals surface area contributed by atoms with Gasteiger partial charge in [0.15, 0.2) is 5.78 Å². The normalized spacial score (nSPS) is 15.0. The quantitative estimate of drug-likeness (QED) is 0.663. The van der Waals surface area contributed by atoms with Crippen LogP contribution >= 0.6 is 0 Å². The van der Waals surface area contributed by atoms with Gasteiger partial charge in [0, 0.05) is 24.7 Å². The number of ketones is 1. The topological polar surface area (TPSA) is 84.9 Å². The smallest absolute Gasteiger partial charge is 0.243 e. The number of benzene rings is 2. The van der Waals surface area contributed by atoms with E-state index in [-0.39, 0.29) is 17.2 Å². The van der Waals surface area contributed by atoms with E-state index >= 15 is 0 Å². The largest absolute Gasteiger partial charge is 0.497 e. The Morgan fingerprint density at radius 2 is 1.69 bits per heavy atom. The van der Waals surface area contributed by atoms with Crippen LogP contribution in [-0.2, 0) is 10.0 Å². The highest BCUT2D eigenvalue weighted by atomic mass is 32.2. The fourth-order valence-electron chi connectivity index (χ4n) is 3.30. The minimum Gasteiger partial charge on any atom is -0.497 e. The number of hydrogen-bond acceptors (Lipinski definition) is 6. The number of Topliss-reactive ketones (excluding diaryl/α,β-unsaturated/α-hetero) is 1. The van der Waals surface area contributed by atoms with Crippen LogP contribution in [-0.4, -0.2) is 52.4 Å². The molecule has 0 bridgehead atoms. The zero-order valence-electron chi connectivity index (χ0n) is 16.7. The third-order valence-electron chi connectivity index (χ3n) is 4.98. The molecular weight excluding hydrogens is 392 g/mol. The van der Waals surface area contributed by atoms with E-state index in [2.05, 4.69) is 5.32 Å². The number of carbonyl (C=O) groups is 1. The third-order valence-corrected chi connectivity index (χ3v) is 6.89. The summed E-state index contributed by atoms with van der Waals surface area (Å²) in [7, 11) is -0.383. The minimum absolute atomic E-state index is 0.0434. The monoisotopic (exact) mass is 418 g/mol. The van der Waals surface area contributed by atoms with Crippen LogP contribution in [0.1, 0.15) is 29.6 Å². The maximum absolute atomic E-state index is 12.7. The highest BCUT2D eigenvalue weighted by molar-refractivity contribution is 7.89. The van der Waals surface area contributed by atoms with Crippen molar-refractivity contribution in [2.24, 2.45) is 0 Å². The number of sulfonamides is 1. The van der Waals surface area contributed by atoms with E-state index in [9.17, 15) is 13.2 Å². The van der Waals surface area contributed by atoms with Gasteiger partial charge in [0.25, 0.3) is 0 Å². The molecule has 1 saturated heterocycles. The number of hydrogen-bond donors (Lipinski definition) is 1. The Labute approximate surface area is 171 Å². The molecule has 0 saturated carbocycles. The summed E-state index contributed by atoms with van der Waals surface area (Å²) in [5, 5.41) is 3.05. The maximum Gasteiger partial charge on any atom is 0.243 e. The number of rotatable bonds is 8. The molecule has 0 radical (unpaired) electrons. The van der Waals surface area contributed by atoms with Gasteiger partial charge in [-0.2, -0.15) is 4.31 Å². The summed E-state index contributed by atoms with van der Waals surface area (Å²) in [5.74, 6) is 1.09. The van der Waals surface area contributed by atoms with Crippen molar-refractivity contribution >= 4 is 21.5 Å². The summed E-state index contributed by atoms with van der Waals surface area (Å²) < 4.78 is 37.4. The molecule has 1 fully saturated rings. The van der Waals surface area contributed by atoms with E-state index in [1.54, 1.807) is 44.6 Å². The number of piperidine rings is 1. The fraction of sp³-hybridized carbons (Fsp3) is 0.381. The predicted molar refractivity (Wildman–Crippen MR) is 111 cm³/mol. The van der Waals surface area contributed by atoms with Crippen molar-refractivity contribution in [3.8, 4) is 11.5 Å². The molecule has 2 aromatic carbocycles. The summed E-state index contributed by atoms with van der Waals surface area (Å²) in [6, 6.07) is 11.4. The molecule has 1 aliphatic rings. The number of anilines is 1. The molecule has 1 N–H and O–H groups in total. The molecule has 3 rings (SSSR count). The van der Waals surface area contributed by atoms with Gasteiger partial charge in [-0.05, 0) is 49.2 Å². The average molecular weight is 419 g/mol. The van der Waals surface area contributed by atoms with Crippen LogP contribution in [0.3, 0.4) is 0 Å². The summed E-state index contributed by atoms with van der Waals surface area (Å²) in [6.45, 7) is 1.15. The second-order valence-electron chi connectivity index (χ2n) is 6.83. The van der Waals surface area contributed by atoms with Crippen LogP contribution in [0.25, 0.3) is 0 Å². The van der Waals surface area contributed by atoms with Crippen molar-refractivity contribution in [2.75, 3.05) is 39.2 Å². The van der Waals surface area contributed by atoms with Crippen molar-refractivity contribution in [3.63, 3.8) is 0 Å². The third kappa shape index (κ3) is 4.89. The lowest BCUT2D eigenvalue weighted by molar-refractivity contribution is 0.101. The number of carbonyl (C=O) groups excluding carboxylic acids is 1. The van der Waals surface area contributed by atoms with Crippen LogP contribution in [0.4, 0.5) is 5.69 Å². The molecule has 1 heterocycles. The SMILES string of the molecule is COc1ccc(OC)c(NCC(=O)c2ccc(S(=O)(=O)N3CCCCC3)cc2)c1. The molecule has 0 aliphatic carbocycles. The summed E-state index contributed by atoms with van der Waals surface area (Å²) in [4.78, 5) is 12.8. The summed E-state index contributed by atoms with van der Waals surface area (Å²) >= 11 is 0. The highest BCUT2D eigenvalue weighted by Crippen LogP contribution is 2.29. The van der Waals surface area contributed by atoms with Gasteiger partial charge in [-0.1, -0.05) is 6.42 Å². The maximum atomic E-state index is 12.7. The van der Waals surface area contributed by atoms with Crippen molar-refractivity contribution in [1.29, 1.82) is 0 Å². The molecule has 0 spiro atoms. The molecule has 0 amide bonds. The van der Waals surface area contributed by atoms with Gasteiger partial charge < -0.3 is 14.8 Å². The molecule has 29 heavy (non-hydrogen) atoms. The van der Waals surface area contributed by atoms with E-state index in [1.165, 1.54) is 16.4 Å². The van der Waals surface area contributed by atoms with E-state index in [1.807, 2.05) is 0 Å². The Morgan fingerprint density at radius 1 is 1.00 bits per heavy atom. The van der Waals surface area contributed by atoms with Crippen LogP contribution < -0.4 is 14.8 Å². The molecule has 1 aliphatic heterocycles. The van der Waals surface area contributed by atoms with Gasteiger partial charge in [0.2, 0.25) is 10.0 Å². The Hall–Kier alpha value is -2.58. The van der Waals surface area contributed by atoms with Gasteiger partial charge in [0.05, 0.1) is 31.3 Å². The second-order valence-corrected chi connectivity index (χ2v) is 8.77. The Bertz CT molecular complexity index is 952. The van der Waals surface area contributed by atoms with Gasteiger partial charge >= 0.3 is 0 Å². The van der Waals surface area contributed by atoms with Gasteiger partial charge in [-0.15, -0.1) is 0 Å². The highest BCUT2D eigenvalue weighted by Gasteiger charge is 2.25. The van der Waals surface area contributed by atoms with Gasteiger partial charge in [-0.25, -0.2) is 8.42 Å². The van der Waals surface area contributed by atoms with E-state index < -0.39 is 10.0 Å². The zero-order chi connectivity index (χ0) is 20.9. The molecule has 156 valence electrons. The lowest BCUT2D eigenvalue weighted by Gasteiger charge is -2.25. The Balaban J connectivity index is 1.68. The molecule has 8 heteroatoms. The Morgan fingerprint density at radius 3 is 2.31 bits per heavy atom. The number of nitrogens with zero attached hydrogens (tertiary/aromatic N) is 1. The first kappa shape index (κ1) is 21.1. The number of methoxy groups -OCH3 is 2. The fourth-order valence-corrected chi connectivity index (χ4v) is 4.81. The van der Waals surface area contributed by atoms with Gasteiger partial charge in [0.1, 0.15) is 11.5 Å². The van der Waals surface area contributed by atoms with Crippen molar-refractivity contribution in [3.05, 3.63) is 48.0 Å². The molecule has 2 aromatic rings. The van der Waals surface area contributed by atoms with Crippen LogP contribution in [0.2, 0.25) is 0 Å². The van der Waals surface area contributed by atoms with Crippen LogP contribution in [0.5, 0.6) is 11.5 Å². The second kappa shape index (κ2) is 9.28. The van der Waals surface area contributed by atoms with Crippen molar-refractivity contribution in [2.45, 2.75) is 24.2 Å². The van der Waals surface area contributed by atoms with Crippen molar-refractivity contribution in [1.82, 2.24) is 4.31 Å². The summed E-state index contributed by atoms with van der Waals surface area (Å²) in [6.07, 6.45) is 2.83. The predicted octanol–water partition coefficient (Wildman–Crippen LogP) is 3.17.